The van der Waals surface area contributed by atoms with Gasteiger partial charge in [0.05, 0.1) is 21.8 Å². The summed E-state index contributed by atoms with van der Waals surface area (Å²) in [6.07, 6.45) is 3.15. The Balaban J connectivity index is 1.83. The Hall–Kier alpha value is -2.17. The highest BCUT2D eigenvalue weighted by Crippen LogP contribution is 2.22. The molecule has 1 aromatic heterocycles. The van der Waals surface area contributed by atoms with Crippen molar-refractivity contribution in [3.05, 3.63) is 64.4 Å². The molecule has 0 saturated carbocycles. The fourth-order valence-electron chi connectivity index (χ4n) is 1.85. The molecule has 0 unspecified atom stereocenters. The molecule has 0 aliphatic carbocycles. The monoisotopic (exact) mass is 316 g/mol. The average molecular weight is 317 g/mol. The summed E-state index contributed by atoms with van der Waals surface area (Å²) in [5, 5.41) is 6.09. The second kappa shape index (κ2) is 6.08. The van der Waals surface area contributed by atoms with Crippen molar-refractivity contribution in [2.45, 2.75) is 0 Å². The minimum Gasteiger partial charge on any atom is -0.261 e. The second-order valence-corrected chi connectivity index (χ2v) is 5.10. The van der Waals surface area contributed by atoms with E-state index in [-0.39, 0.29) is 0 Å². The Morgan fingerprint density at radius 2 is 1.86 bits per heavy atom. The molecule has 0 bridgehead atoms. The van der Waals surface area contributed by atoms with Gasteiger partial charge in [-0.25, -0.2) is 9.97 Å². The summed E-state index contributed by atoms with van der Waals surface area (Å²) in [6.45, 7) is 0. The van der Waals surface area contributed by atoms with Crippen molar-refractivity contribution in [1.82, 2.24) is 9.97 Å². The summed E-state index contributed by atoms with van der Waals surface area (Å²) in [6, 6.07) is 13.0. The van der Waals surface area contributed by atoms with Crippen LogP contribution in [0, 0.1) is 0 Å². The van der Waals surface area contributed by atoms with Crippen LogP contribution in [0.2, 0.25) is 10.0 Å². The summed E-state index contributed by atoms with van der Waals surface area (Å²) < 4.78 is 0. The quantitative estimate of drug-likeness (QED) is 0.576. The van der Waals surface area contributed by atoms with Gasteiger partial charge in [0.15, 0.2) is 5.82 Å². The molecule has 6 heteroatoms. The summed E-state index contributed by atoms with van der Waals surface area (Å²) in [5.41, 5.74) is 4.62. The molecule has 3 rings (SSSR count). The van der Waals surface area contributed by atoms with Crippen LogP contribution in [-0.4, -0.2) is 16.2 Å². The van der Waals surface area contributed by atoms with E-state index < -0.39 is 0 Å². The van der Waals surface area contributed by atoms with E-state index in [0.29, 0.717) is 15.9 Å². The van der Waals surface area contributed by atoms with E-state index in [9.17, 15) is 0 Å². The molecule has 4 nitrogen and oxygen atoms in total. The second-order valence-electron chi connectivity index (χ2n) is 4.28. The van der Waals surface area contributed by atoms with Crippen LogP contribution in [0.4, 0.5) is 5.82 Å². The van der Waals surface area contributed by atoms with Gasteiger partial charge in [-0.15, -0.1) is 0 Å². The molecule has 0 saturated heterocycles. The van der Waals surface area contributed by atoms with E-state index >= 15 is 0 Å². The third-order valence-corrected chi connectivity index (χ3v) is 3.61. The summed E-state index contributed by atoms with van der Waals surface area (Å²) in [7, 11) is 0. The first-order valence-corrected chi connectivity index (χ1v) is 6.93. The molecule has 0 spiro atoms. The molecular formula is C15H10Cl2N4. The first kappa shape index (κ1) is 13.8. The Labute approximate surface area is 131 Å². The van der Waals surface area contributed by atoms with Crippen LogP contribution in [0.15, 0.2) is 53.9 Å². The number of benzene rings is 2. The third-order valence-electron chi connectivity index (χ3n) is 2.87. The van der Waals surface area contributed by atoms with Gasteiger partial charge >= 0.3 is 0 Å². The zero-order valence-electron chi connectivity index (χ0n) is 10.8. The average Bonchev–Trinajstić information content (AvgIpc) is 2.51. The van der Waals surface area contributed by atoms with Gasteiger partial charge < -0.3 is 0 Å². The van der Waals surface area contributed by atoms with Crippen LogP contribution >= 0.6 is 23.2 Å². The van der Waals surface area contributed by atoms with Gasteiger partial charge in [0.2, 0.25) is 0 Å². The molecule has 104 valence electrons. The SMILES string of the molecule is Clc1ccc(/C=N/Nc2ncnc3ccccc23)cc1Cl. The topological polar surface area (TPSA) is 50.2 Å². The van der Waals surface area contributed by atoms with Gasteiger partial charge in [-0.05, 0) is 29.8 Å². The van der Waals surface area contributed by atoms with Crippen LogP contribution in [0.3, 0.4) is 0 Å². The van der Waals surface area contributed by atoms with E-state index in [0.717, 1.165) is 16.5 Å². The summed E-state index contributed by atoms with van der Waals surface area (Å²) >= 11 is 11.8. The number of fused-ring (bicyclic) bond motifs is 1. The van der Waals surface area contributed by atoms with Crippen molar-refractivity contribution in [1.29, 1.82) is 0 Å². The van der Waals surface area contributed by atoms with E-state index in [2.05, 4.69) is 20.5 Å². The molecule has 1 heterocycles. The number of hydrogen-bond acceptors (Lipinski definition) is 4. The summed E-state index contributed by atoms with van der Waals surface area (Å²) in [4.78, 5) is 8.38. The van der Waals surface area contributed by atoms with Crippen molar-refractivity contribution in [2.24, 2.45) is 5.10 Å². The van der Waals surface area contributed by atoms with E-state index in [1.807, 2.05) is 30.3 Å². The highest BCUT2D eigenvalue weighted by Gasteiger charge is 2.01. The van der Waals surface area contributed by atoms with Gasteiger partial charge in [-0.2, -0.15) is 5.10 Å². The normalized spacial score (nSPS) is 11.1. The zero-order chi connectivity index (χ0) is 14.7. The lowest BCUT2D eigenvalue weighted by atomic mass is 10.2. The minimum atomic E-state index is 0.494. The number of para-hydroxylation sites is 1. The first-order valence-electron chi connectivity index (χ1n) is 6.18. The highest BCUT2D eigenvalue weighted by molar-refractivity contribution is 6.42. The van der Waals surface area contributed by atoms with Crippen molar-refractivity contribution in [3.8, 4) is 0 Å². The number of hydrogen-bond donors (Lipinski definition) is 1. The number of aromatic nitrogens is 2. The predicted octanol–water partition coefficient (Wildman–Crippen LogP) is 4.38. The highest BCUT2D eigenvalue weighted by atomic mass is 35.5. The molecule has 0 atom stereocenters. The van der Waals surface area contributed by atoms with Crippen molar-refractivity contribution in [2.75, 3.05) is 5.43 Å². The smallest absolute Gasteiger partial charge is 0.157 e. The molecule has 1 N–H and O–H groups in total. The first-order chi connectivity index (χ1) is 10.2. The number of nitrogens with one attached hydrogen (secondary N) is 1. The molecule has 0 amide bonds. The third kappa shape index (κ3) is 3.12. The molecule has 21 heavy (non-hydrogen) atoms. The van der Waals surface area contributed by atoms with Crippen LogP contribution < -0.4 is 5.43 Å². The Morgan fingerprint density at radius 3 is 2.71 bits per heavy atom. The molecule has 2 aromatic carbocycles. The number of anilines is 1. The molecule has 0 fully saturated rings. The fraction of sp³-hybridized carbons (Fsp3) is 0. The van der Waals surface area contributed by atoms with Crippen LogP contribution in [0.5, 0.6) is 0 Å². The molecule has 0 aliphatic rings. The standard InChI is InChI=1S/C15H10Cl2N4/c16-12-6-5-10(7-13(12)17)8-20-21-15-11-3-1-2-4-14(11)18-9-19-15/h1-9H,(H,18,19,21)/b20-8+. The van der Waals surface area contributed by atoms with Crippen molar-refractivity contribution < 1.29 is 0 Å². The largest absolute Gasteiger partial charge is 0.261 e. The molecule has 0 radical (unpaired) electrons. The van der Waals surface area contributed by atoms with Gasteiger partial charge in [0.25, 0.3) is 0 Å². The maximum atomic E-state index is 5.95. The maximum absolute atomic E-state index is 5.95. The maximum Gasteiger partial charge on any atom is 0.157 e. The van der Waals surface area contributed by atoms with E-state index in [4.69, 9.17) is 23.2 Å². The molecule has 3 aromatic rings. The van der Waals surface area contributed by atoms with Crippen LogP contribution in [0.25, 0.3) is 10.9 Å². The Kier molecular flexibility index (Phi) is 3.99. The van der Waals surface area contributed by atoms with Gasteiger partial charge in [-0.3, -0.25) is 5.43 Å². The van der Waals surface area contributed by atoms with Crippen molar-refractivity contribution >= 4 is 46.1 Å². The lowest BCUT2D eigenvalue weighted by Gasteiger charge is -2.03. The Morgan fingerprint density at radius 1 is 1.00 bits per heavy atom. The molecule has 0 aliphatic heterocycles. The summed E-state index contributed by atoms with van der Waals surface area (Å²) in [5.74, 6) is 0.650. The van der Waals surface area contributed by atoms with E-state index in [1.165, 1.54) is 6.33 Å². The van der Waals surface area contributed by atoms with Gasteiger partial charge in [0, 0.05) is 5.39 Å². The van der Waals surface area contributed by atoms with Crippen molar-refractivity contribution in [3.63, 3.8) is 0 Å². The number of rotatable bonds is 3. The van der Waals surface area contributed by atoms with Crippen LogP contribution in [-0.2, 0) is 0 Å². The zero-order valence-corrected chi connectivity index (χ0v) is 12.3. The number of hydrazone groups is 1. The Bertz CT molecular complexity index is 812. The molecular weight excluding hydrogens is 307 g/mol. The number of nitrogens with zero attached hydrogens (tertiary/aromatic N) is 3. The minimum absolute atomic E-state index is 0.494. The fourth-order valence-corrected chi connectivity index (χ4v) is 2.16. The van der Waals surface area contributed by atoms with Gasteiger partial charge in [0.1, 0.15) is 6.33 Å². The lowest BCUT2D eigenvalue weighted by Crippen LogP contribution is -1.95. The lowest BCUT2D eigenvalue weighted by molar-refractivity contribution is 1.18. The predicted molar refractivity (Wildman–Crippen MR) is 87.2 cm³/mol. The van der Waals surface area contributed by atoms with Crippen LogP contribution in [0.1, 0.15) is 5.56 Å². The number of halogens is 2. The van der Waals surface area contributed by atoms with E-state index in [1.54, 1.807) is 18.3 Å². The van der Waals surface area contributed by atoms with Gasteiger partial charge in [-0.1, -0.05) is 41.4 Å².